The van der Waals surface area contributed by atoms with Crippen molar-refractivity contribution in [2.45, 2.75) is 26.7 Å². The van der Waals surface area contributed by atoms with Gasteiger partial charge in [-0.1, -0.05) is 0 Å². The molecule has 15 heavy (non-hydrogen) atoms. The zero-order valence-electron chi connectivity index (χ0n) is 9.29. The average Bonchev–Trinajstić information content (AvgIpc) is 2.66. The van der Waals surface area contributed by atoms with E-state index in [4.69, 9.17) is 0 Å². The van der Waals surface area contributed by atoms with Gasteiger partial charge in [0.2, 0.25) is 0 Å². The molecule has 2 heterocycles. The Labute approximate surface area is 93.6 Å². The van der Waals surface area contributed by atoms with Gasteiger partial charge in [0.25, 0.3) is 0 Å². The van der Waals surface area contributed by atoms with Gasteiger partial charge in [0.05, 0.1) is 5.69 Å². The van der Waals surface area contributed by atoms with Gasteiger partial charge in [0.15, 0.2) is 0 Å². The lowest BCUT2D eigenvalue weighted by molar-refractivity contribution is 0.770. The molecule has 1 aliphatic rings. The Morgan fingerprint density at radius 2 is 2.07 bits per heavy atom. The minimum atomic E-state index is 1.15. The highest BCUT2D eigenvalue weighted by molar-refractivity contribution is 7.12. The van der Waals surface area contributed by atoms with E-state index in [9.17, 15) is 0 Å². The highest BCUT2D eigenvalue weighted by Gasteiger charge is 2.24. The molecular formula is C12H14N2S. The van der Waals surface area contributed by atoms with Crippen LogP contribution in [0.2, 0.25) is 0 Å². The van der Waals surface area contributed by atoms with Crippen molar-refractivity contribution in [1.29, 1.82) is 0 Å². The van der Waals surface area contributed by atoms with E-state index < -0.39 is 0 Å². The monoisotopic (exact) mass is 218 g/mol. The van der Waals surface area contributed by atoms with E-state index in [1.54, 1.807) is 0 Å². The molecule has 3 heteroatoms. The van der Waals surface area contributed by atoms with Gasteiger partial charge in [-0.25, -0.2) is 0 Å². The van der Waals surface area contributed by atoms with Crippen molar-refractivity contribution in [1.82, 2.24) is 9.78 Å². The van der Waals surface area contributed by atoms with Crippen molar-refractivity contribution >= 4 is 11.3 Å². The molecule has 0 N–H and O–H groups in total. The summed E-state index contributed by atoms with van der Waals surface area (Å²) in [7, 11) is 2.01. The summed E-state index contributed by atoms with van der Waals surface area (Å²) in [6.07, 6.45) is 4.49. The Morgan fingerprint density at radius 1 is 1.27 bits per heavy atom. The second-order valence-corrected chi connectivity index (χ2v) is 5.67. The summed E-state index contributed by atoms with van der Waals surface area (Å²) in [5.74, 6) is 0. The summed E-state index contributed by atoms with van der Waals surface area (Å²) in [6, 6.07) is 0. The summed E-state index contributed by atoms with van der Waals surface area (Å²) < 4.78 is 1.94. The zero-order chi connectivity index (χ0) is 10.6. The molecule has 0 amide bonds. The van der Waals surface area contributed by atoms with E-state index in [2.05, 4.69) is 25.1 Å². The van der Waals surface area contributed by atoms with E-state index in [0.29, 0.717) is 0 Å². The highest BCUT2D eigenvalue weighted by Crippen LogP contribution is 2.40. The van der Waals surface area contributed by atoms with Gasteiger partial charge in [-0.15, -0.1) is 11.3 Å². The second kappa shape index (κ2) is 2.95. The maximum absolute atomic E-state index is 4.59. The third kappa shape index (κ3) is 1.19. The molecule has 3 rings (SSSR count). The van der Waals surface area contributed by atoms with E-state index in [1.807, 2.05) is 23.1 Å². The molecule has 0 bridgehead atoms. The standard InChI is InChI=1S/C12H14N2S/c1-7-10-5-4-9-6-14(3)13-12(9)11(10)8(2)15-7/h6H,4-5H2,1-3H3. The molecule has 1 aliphatic carbocycles. The van der Waals surface area contributed by atoms with Crippen LogP contribution in [0.4, 0.5) is 0 Å². The lowest BCUT2D eigenvalue weighted by Crippen LogP contribution is -2.01. The van der Waals surface area contributed by atoms with Crippen LogP contribution in [0.3, 0.4) is 0 Å². The first kappa shape index (κ1) is 9.16. The van der Waals surface area contributed by atoms with Crippen LogP contribution in [-0.2, 0) is 19.9 Å². The molecule has 78 valence electrons. The molecule has 2 nitrogen and oxygen atoms in total. The first-order chi connectivity index (χ1) is 7.16. The molecule has 0 saturated heterocycles. The maximum Gasteiger partial charge on any atom is 0.0969 e. The van der Waals surface area contributed by atoms with E-state index in [0.717, 1.165) is 6.42 Å². The maximum atomic E-state index is 4.59. The van der Waals surface area contributed by atoms with Crippen LogP contribution in [0.25, 0.3) is 11.3 Å². The normalized spacial score (nSPS) is 13.8. The minimum absolute atomic E-state index is 1.15. The fraction of sp³-hybridized carbons (Fsp3) is 0.417. The number of fused-ring (bicyclic) bond motifs is 3. The van der Waals surface area contributed by atoms with Crippen LogP contribution in [0, 0.1) is 13.8 Å². The van der Waals surface area contributed by atoms with Crippen molar-refractivity contribution in [3.05, 3.63) is 27.1 Å². The third-order valence-corrected chi connectivity index (χ3v) is 4.23. The number of thiophene rings is 1. The molecule has 0 atom stereocenters. The van der Waals surface area contributed by atoms with Crippen LogP contribution < -0.4 is 0 Å². The van der Waals surface area contributed by atoms with Gasteiger partial charge in [-0.05, 0) is 37.8 Å². The Balaban J connectivity index is 2.32. The fourth-order valence-corrected chi connectivity index (χ4v) is 3.64. The quantitative estimate of drug-likeness (QED) is 0.665. The Hall–Kier alpha value is -1.09. The summed E-state index contributed by atoms with van der Waals surface area (Å²) in [5.41, 5.74) is 5.58. The molecular weight excluding hydrogens is 204 g/mol. The van der Waals surface area contributed by atoms with Gasteiger partial charge in [-0.3, -0.25) is 4.68 Å². The number of aryl methyl sites for hydroxylation is 4. The molecule has 0 aliphatic heterocycles. The topological polar surface area (TPSA) is 17.8 Å². The lowest BCUT2D eigenvalue weighted by Gasteiger charge is -2.12. The Bertz CT molecular complexity index is 534. The molecule has 2 aromatic rings. The number of nitrogens with zero attached hydrogens (tertiary/aromatic N) is 2. The smallest absolute Gasteiger partial charge is 0.0969 e. The summed E-state index contributed by atoms with van der Waals surface area (Å²) in [6.45, 7) is 4.44. The molecule has 2 aromatic heterocycles. The largest absolute Gasteiger partial charge is 0.275 e. The number of hydrogen-bond acceptors (Lipinski definition) is 2. The molecule has 0 saturated carbocycles. The first-order valence-electron chi connectivity index (χ1n) is 5.28. The van der Waals surface area contributed by atoms with Gasteiger partial charge >= 0.3 is 0 Å². The molecule has 0 spiro atoms. The third-order valence-electron chi connectivity index (χ3n) is 3.17. The van der Waals surface area contributed by atoms with Crippen LogP contribution >= 0.6 is 11.3 Å². The highest BCUT2D eigenvalue weighted by atomic mass is 32.1. The molecule has 0 unspecified atom stereocenters. The number of rotatable bonds is 0. The summed E-state index contributed by atoms with van der Waals surface area (Å²) in [5, 5.41) is 4.59. The predicted molar refractivity (Wildman–Crippen MR) is 63.4 cm³/mol. The average molecular weight is 218 g/mol. The fourth-order valence-electron chi connectivity index (χ4n) is 2.53. The summed E-state index contributed by atoms with van der Waals surface area (Å²) >= 11 is 1.91. The van der Waals surface area contributed by atoms with Crippen LogP contribution in [0.1, 0.15) is 20.9 Å². The van der Waals surface area contributed by atoms with Crippen molar-refractivity contribution in [2.75, 3.05) is 0 Å². The van der Waals surface area contributed by atoms with E-state index in [1.165, 1.54) is 38.6 Å². The Morgan fingerprint density at radius 3 is 2.87 bits per heavy atom. The van der Waals surface area contributed by atoms with Gasteiger partial charge < -0.3 is 0 Å². The summed E-state index contributed by atoms with van der Waals surface area (Å²) in [4.78, 5) is 2.89. The van der Waals surface area contributed by atoms with Gasteiger partial charge in [0.1, 0.15) is 0 Å². The predicted octanol–water partition coefficient (Wildman–Crippen LogP) is 2.86. The molecule has 0 aromatic carbocycles. The number of hydrogen-bond donors (Lipinski definition) is 0. The van der Waals surface area contributed by atoms with Crippen molar-refractivity contribution < 1.29 is 0 Å². The number of aromatic nitrogens is 2. The van der Waals surface area contributed by atoms with Crippen LogP contribution in [0.5, 0.6) is 0 Å². The van der Waals surface area contributed by atoms with E-state index in [-0.39, 0.29) is 0 Å². The van der Waals surface area contributed by atoms with Gasteiger partial charge in [-0.2, -0.15) is 5.10 Å². The van der Waals surface area contributed by atoms with E-state index >= 15 is 0 Å². The van der Waals surface area contributed by atoms with Crippen LogP contribution in [-0.4, -0.2) is 9.78 Å². The molecule has 0 radical (unpaired) electrons. The van der Waals surface area contributed by atoms with Crippen molar-refractivity contribution in [2.24, 2.45) is 7.05 Å². The van der Waals surface area contributed by atoms with Gasteiger partial charge in [0, 0.05) is 28.6 Å². The first-order valence-corrected chi connectivity index (χ1v) is 6.10. The lowest BCUT2D eigenvalue weighted by atomic mass is 9.91. The molecule has 0 fully saturated rings. The zero-order valence-corrected chi connectivity index (χ0v) is 10.1. The van der Waals surface area contributed by atoms with Crippen molar-refractivity contribution in [3.8, 4) is 11.3 Å². The second-order valence-electron chi connectivity index (χ2n) is 4.24. The SMILES string of the molecule is Cc1sc(C)c2c1CCc1cn(C)nc1-2. The minimum Gasteiger partial charge on any atom is -0.275 e. The van der Waals surface area contributed by atoms with Crippen LogP contribution in [0.15, 0.2) is 6.20 Å². The Kier molecular flexibility index (Phi) is 1.80. The van der Waals surface area contributed by atoms with Crippen molar-refractivity contribution in [3.63, 3.8) is 0 Å².